The highest BCUT2D eigenvalue weighted by Gasteiger charge is 2.34. The predicted octanol–water partition coefficient (Wildman–Crippen LogP) is 2.71. The van der Waals surface area contributed by atoms with Crippen LogP contribution in [0.1, 0.15) is 25.7 Å². The quantitative estimate of drug-likeness (QED) is 0.487. The van der Waals surface area contributed by atoms with Crippen LogP contribution in [0.5, 0.6) is 0 Å². The summed E-state index contributed by atoms with van der Waals surface area (Å²) in [6, 6.07) is 0. The Labute approximate surface area is 91.0 Å². The van der Waals surface area contributed by atoms with Gasteiger partial charge in [0.25, 0.3) is 0 Å². The Bertz CT molecular complexity index is 304. The molecule has 0 N–H and O–H groups in total. The van der Waals surface area contributed by atoms with Gasteiger partial charge >= 0.3 is 5.97 Å². The minimum atomic E-state index is -0.0437. The third-order valence-electron chi connectivity index (χ3n) is 3.67. The number of hydrogen-bond acceptors (Lipinski definition) is 2. The SMILES string of the molecule is C=C1CCC[C@@H](C(=O)OC)[C@@H]2C=C[C@H]1C2. The van der Waals surface area contributed by atoms with Gasteiger partial charge in [-0.25, -0.2) is 0 Å². The summed E-state index contributed by atoms with van der Waals surface area (Å²) < 4.78 is 4.87. The van der Waals surface area contributed by atoms with Crippen LogP contribution in [-0.2, 0) is 9.53 Å². The molecule has 0 saturated heterocycles. The first kappa shape index (κ1) is 10.5. The zero-order valence-electron chi connectivity index (χ0n) is 9.24. The largest absolute Gasteiger partial charge is 0.469 e. The van der Waals surface area contributed by atoms with E-state index in [-0.39, 0.29) is 11.9 Å². The van der Waals surface area contributed by atoms with E-state index in [2.05, 4.69) is 18.7 Å². The molecule has 0 aromatic rings. The third kappa shape index (κ3) is 1.99. The summed E-state index contributed by atoms with van der Waals surface area (Å²) in [4.78, 5) is 11.6. The Kier molecular flexibility index (Phi) is 2.94. The van der Waals surface area contributed by atoms with Crippen molar-refractivity contribution in [3.8, 4) is 0 Å². The fourth-order valence-corrected chi connectivity index (χ4v) is 2.72. The standard InChI is InChI=1S/C13H18O2/c1-9-4-3-5-12(13(14)15-2)11-7-6-10(9)8-11/h6-7,10-12H,1,3-5,8H2,2H3/t10-,11+,12+/m0/s1. The summed E-state index contributed by atoms with van der Waals surface area (Å²) in [5, 5.41) is 0. The van der Waals surface area contributed by atoms with Crippen molar-refractivity contribution < 1.29 is 9.53 Å². The molecule has 2 heteroatoms. The van der Waals surface area contributed by atoms with Gasteiger partial charge in [-0.1, -0.05) is 24.3 Å². The Morgan fingerprint density at radius 2 is 2.33 bits per heavy atom. The second-order valence-electron chi connectivity index (χ2n) is 4.57. The topological polar surface area (TPSA) is 26.3 Å². The fraction of sp³-hybridized carbons (Fsp3) is 0.615. The maximum Gasteiger partial charge on any atom is 0.309 e. The van der Waals surface area contributed by atoms with Crippen molar-refractivity contribution in [3.63, 3.8) is 0 Å². The molecule has 0 unspecified atom stereocenters. The van der Waals surface area contributed by atoms with Crippen LogP contribution in [0.15, 0.2) is 24.3 Å². The van der Waals surface area contributed by atoms with Gasteiger partial charge in [-0.05, 0) is 37.5 Å². The number of esters is 1. The second kappa shape index (κ2) is 4.21. The average molecular weight is 206 g/mol. The van der Waals surface area contributed by atoms with Crippen molar-refractivity contribution in [1.82, 2.24) is 0 Å². The van der Waals surface area contributed by atoms with Gasteiger partial charge in [-0.15, -0.1) is 0 Å². The summed E-state index contributed by atoms with van der Waals surface area (Å²) >= 11 is 0. The van der Waals surface area contributed by atoms with Gasteiger partial charge in [-0.2, -0.15) is 0 Å². The molecule has 0 aliphatic heterocycles. The molecule has 2 nitrogen and oxygen atoms in total. The lowest BCUT2D eigenvalue weighted by Gasteiger charge is -2.25. The average Bonchev–Trinajstić information content (AvgIpc) is 2.71. The molecule has 0 radical (unpaired) electrons. The van der Waals surface area contributed by atoms with Crippen molar-refractivity contribution in [2.24, 2.45) is 17.8 Å². The fourth-order valence-electron chi connectivity index (χ4n) is 2.72. The maximum absolute atomic E-state index is 11.6. The van der Waals surface area contributed by atoms with Gasteiger partial charge in [0.05, 0.1) is 13.0 Å². The number of fused-ring (bicyclic) bond motifs is 2. The van der Waals surface area contributed by atoms with Gasteiger partial charge in [0.1, 0.15) is 0 Å². The molecular weight excluding hydrogens is 188 g/mol. The molecule has 2 aliphatic carbocycles. The lowest BCUT2D eigenvalue weighted by atomic mass is 9.80. The zero-order chi connectivity index (χ0) is 10.8. The maximum atomic E-state index is 11.6. The van der Waals surface area contributed by atoms with Crippen molar-refractivity contribution >= 4 is 5.97 Å². The predicted molar refractivity (Wildman–Crippen MR) is 59.2 cm³/mol. The Morgan fingerprint density at radius 3 is 3.07 bits per heavy atom. The first-order chi connectivity index (χ1) is 7.22. The molecule has 0 spiro atoms. The number of rotatable bonds is 1. The van der Waals surface area contributed by atoms with Crippen LogP contribution in [-0.4, -0.2) is 13.1 Å². The van der Waals surface area contributed by atoms with Crippen LogP contribution >= 0.6 is 0 Å². The smallest absolute Gasteiger partial charge is 0.309 e. The number of ether oxygens (including phenoxy) is 1. The first-order valence-electron chi connectivity index (χ1n) is 5.66. The molecule has 0 aromatic carbocycles. The molecule has 1 fully saturated rings. The first-order valence-corrected chi connectivity index (χ1v) is 5.66. The highest BCUT2D eigenvalue weighted by Crippen LogP contribution is 2.39. The van der Waals surface area contributed by atoms with Crippen LogP contribution in [0.2, 0.25) is 0 Å². The molecule has 1 saturated carbocycles. The monoisotopic (exact) mass is 206 g/mol. The van der Waals surface area contributed by atoms with Crippen molar-refractivity contribution in [3.05, 3.63) is 24.3 Å². The van der Waals surface area contributed by atoms with Crippen molar-refractivity contribution in [1.29, 1.82) is 0 Å². The van der Waals surface area contributed by atoms with Gasteiger partial charge in [0.2, 0.25) is 0 Å². The van der Waals surface area contributed by atoms with Gasteiger partial charge in [0.15, 0.2) is 0 Å². The zero-order valence-corrected chi connectivity index (χ0v) is 9.24. The molecule has 2 aliphatic rings. The summed E-state index contributed by atoms with van der Waals surface area (Å²) in [6.07, 6.45) is 8.51. The lowest BCUT2D eigenvalue weighted by Crippen LogP contribution is -2.25. The van der Waals surface area contributed by atoms with E-state index < -0.39 is 0 Å². The molecule has 0 amide bonds. The highest BCUT2D eigenvalue weighted by atomic mass is 16.5. The van der Waals surface area contributed by atoms with Crippen molar-refractivity contribution in [2.75, 3.05) is 7.11 Å². The summed E-state index contributed by atoms with van der Waals surface area (Å²) in [7, 11) is 1.48. The van der Waals surface area contributed by atoms with Gasteiger partial charge in [0, 0.05) is 0 Å². The van der Waals surface area contributed by atoms with E-state index in [4.69, 9.17) is 4.74 Å². The van der Waals surface area contributed by atoms with Gasteiger partial charge in [-0.3, -0.25) is 4.79 Å². The molecule has 82 valence electrons. The van der Waals surface area contributed by atoms with Crippen molar-refractivity contribution in [2.45, 2.75) is 25.7 Å². The van der Waals surface area contributed by atoms with E-state index in [9.17, 15) is 4.79 Å². The number of carbonyl (C=O) groups is 1. The second-order valence-corrected chi connectivity index (χ2v) is 4.57. The normalized spacial score (nSPS) is 34.7. The van der Waals surface area contributed by atoms with E-state index >= 15 is 0 Å². The summed E-state index contributed by atoms with van der Waals surface area (Å²) in [5.74, 6) is 0.907. The molecular formula is C13H18O2. The van der Waals surface area contributed by atoms with E-state index in [0.717, 1.165) is 25.7 Å². The third-order valence-corrected chi connectivity index (χ3v) is 3.67. The van der Waals surface area contributed by atoms with Gasteiger partial charge < -0.3 is 4.74 Å². The number of hydrogen-bond donors (Lipinski definition) is 0. The number of methoxy groups -OCH3 is 1. The minimum absolute atomic E-state index is 0.0437. The van der Waals surface area contributed by atoms with Crippen LogP contribution in [0.25, 0.3) is 0 Å². The molecule has 3 atom stereocenters. The molecule has 2 rings (SSSR count). The molecule has 2 bridgehead atoms. The Hall–Kier alpha value is -1.05. The molecule has 0 aromatic heterocycles. The lowest BCUT2D eigenvalue weighted by molar-refractivity contribution is -0.147. The van der Waals surface area contributed by atoms with Crippen LogP contribution in [0, 0.1) is 17.8 Å². The number of allylic oxidation sites excluding steroid dienone is 3. The molecule has 0 heterocycles. The Morgan fingerprint density at radius 1 is 1.53 bits per heavy atom. The Balaban J connectivity index is 2.13. The summed E-state index contributed by atoms with van der Waals surface area (Å²) in [6.45, 7) is 4.12. The van der Waals surface area contributed by atoms with E-state index in [1.807, 2.05) is 0 Å². The van der Waals surface area contributed by atoms with Crippen LogP contribution in [0.4, 0.5) is 0 Å². The summed E-state index contributed by atoms with van der Waals surface area (Å²) in [5.41, 5.74) is 1.33. The van der Waals surface area contributed by atoms with Crippen LogP contribution in [0.3, 0.4) is 0 Å². The van der Waals surface area contributed by atoms with Crippen LogP contribution < -0.4 is 0 Å². The minimum Gasteiger partial charge on any atom is -0.469 e. The number of carbonyl (C=O) groups excluding carboxylic acids is 1. The van der Waals surface area contributed by atoms with E-state index in [1.54, 1.807) is 0 Å². The van der Waals surface area contributed by atoms with E-state index in [0.29, 0.717) is 11.8 Å². The molecule has 15 heavy (non-hydrogen) atoms. The highest BCUT2D eigenvalue weighted by molar-refractivity contribution is 5.73. The van der Waals surface area contributed by atoms with E-state index in [1.165, 1.54) is 12.7 Å².